The molecule has 1 fully saturated rings. The molecule has 0 radical (unpaired) electrons. The van der Waals surface area contributed by atoms with Crippen LogP contribution < -0.4 is 4.90 Å². The standard InChI is InChI=1S/C19H18N2OS/c1-12-4-7-15(8-5-12)11-17-18(22)21(19(20)23-17)16-9-6-13(2)14(3)10-16/h4-11,20H,1-3H3/b17-11+,20-19?. The van der Waals surface area contributed by atoms with Crippen molar-refractivity contribution in [2.75, 3.05) is 4.90 Å². The van der Waals surface area contributed by atoms with E-state index in [0.29, 0.717) is 4.91 Å². The maximum Gasteiger partial charge on any atom is 0.271 e. The zero-order valence-corrected chi connectivity index (χ0v) is 14.2. The molecule has 1 aliphatic heterocycles. The number of carbonyl (C=O) groups is 1. The minimum Gasteiger partial charge on any atom is -0.278 e. The average Bonchev–Trinajstić information content (AvgIpc) is 2.79. The largest absolute Gasteiger partial charge is 0.278 e. The fraction of sp³-hybridized carbons (Fsp3) is 0.158. The number of amidine groups is 1. The lowest BCUT2D eigenvalue weighted by Gasteiger charge is -2.15. The molecule has 1 saturated heterocycles. The Morgan fingerprint density at radius 3 is 2.35 bits per heavy atom. The summed E-state index contributed by atoms with van der Waals surface area (Å²) in [5, 5.41) is 8.40. The highest BCUT2D eigenvalue weighted by Gasteiger charge is 2.33. The summed E-state index contributed by atoms with van der Waals surface area (Å²) in [5.74, 6) is -0.135. The second kappa shape index (κ2) is 6.05. The van der Waals surface area contributed by atoms with E-state index in [4.69, 9.17) is 5.41 Å². The number of hydrogen-bond donors (Lipinski definition) is 1. The van der Waals surface area contributed by atoms with Gasteiger partial charge < -0.3 is 0 Å². The Bertz CT molecular complexity index is 822. The normalized spacial score (nSPS) is 16.5. The van der Waals surface area contributed by atoms with Crippen molar-refractivity contribution >= 4 is 34.6 Å². The zero-order chi connectivity index (χ0) is 16.6. The highest BCUT2D eigenvalue weighted by atomic mass is 32.2. The topological polar surface area (TPSA) is 44.2 Å². The molecule has 23 heavy (non-hydrogen) atoms. The van der Waals surface area contributed by atoms with Crippen molar-refractivity contribution in [2.24, 2.45) is 0 Å². The van der Waals surface area contributed by atoms with Crippen LogP contribution in [0.2, 0.25) is 0 Å². The van der Waals surface area contributed by atoms with E-state index in [1.807, 2.05) is 69.3 Å². The predicted octanol–water partition coefficient (Wildman–Crippen LogP) is 4.67. The van der Waals surface area contributed by atoms with Gasteiger partial charge in [0.15, 0.2) is 5.17 Å². The summed E-state index contributed by atoms with van der Waals surface area (Å²) in [7, 11) is 0. The van der Waals surface area contributed by atoms with Crippen molar-refractivity contribution < 1.29 is 4.79 Å². The Balaban J connectivity index is 1.93. The summed E-state index contributed by atoms with van der Waals surface area (Å²) in [6.45, 7) is 6.08. The van der Waals surface area contributed by atoms with Gasteiger partial charge in [0.1, 0.15) is 0 Å². The van der Waals surface area contributed by atoms with Crippen molar-refractivity contribution in [2.45, 2.75) is 20.8 Å². The molecule has 1 amide bonds. The molecular formula is C19H18N2OS. The van der Waals surface area contributed by atoms with Crippen LogP contribution in [-0.2, 0) is 4.79 Å². The lowest BCUT2D eigenvalue weighted by Crippen LogP contribution is -2.28. The minimum absolute atomic E-state index is 0.135. The number of nitrogens with one attached hydrogen (secondary N) is 1. The van der Waals surface area contributed by atoms with Gasteiger partial charge >= 0.3 is 0 Å². The lowest BCUT2D eigenvalue weighted by atomic mass is 10.1. The third kappa shape index (κ3) is 3.08. The third-order valence-electron chi connectivity index (χ3n) is 3.95. The molecule has 0 atom stereocenters. The first-order valence-electron chi connectivity index (χ1n) is 7.42. The fourth-order valence-electron chi connectivity index (χ4n) is 2.40. The molecule has 1 heterocycles. The summed E-state index contributed by atoms with van der Waals surface area (Å²) >= 11 is 1.21. The van der Waals surface area contributed by atoms with Crippen molar-refractivity contribution in [3.63, 3.8) is 0 Å². The van der Waals surface area contributed by atoms with Gasteiger partial charge in [-0.3, -0.25) is 15.1 Å². The summed E-state index contributed by atoms with van der Waals surface area (Å²) in [4.78, 5) is 14.7. The monoisotopic (exact) mass is 322 g/mol. The molecule has 2 aromatic rings. The van der Waals surface area contributed by atoms with E-state index >= 15 is 0 Å². The first-order chi connectivity index (χ1) is 11.0. The summed E-state index contributed by atoms with van der Waals surface area (Å²) in [6.07, 6.45) is 1.85. The van der Waals surface area contributed by atoms with Gasteiger partial charge in [0, 0.05) is 0 Å². The van der Waals surface area contributed by atoms with Crippen molar-refractivity contribution in [3.05, 3.63) is 69.6 Å². The molecule has 0 unspecified atom stereocenters. The van der Waals surface area contributed by atoms with Crippen LogP contribution in [-0.4, -0.2) is 11.1 Å². The first-order valence-corrected chi connectivity index (χ1v) is 8.24. The zero-order valence-electron chi connectivity index (χ0n) is 13.4. The highest BCUT2D eigenvalue weighted by Crippen LogP contribution is 2.35. The van der Waals surface area contributed by atoms with Crippen molar-refractivity contribution in [1.29, 1.82) is 5.41 Å². The molecule has 0 saturated carbocycles. The number of benzene rings is 2. The van der Waals surface area contributed by atoms with Crippen LogP contribution in [0.4, 0.5) is 5.69 Å². The Morgan fingerprint density at radius 2 is 1.70 bits per heavy atom. The summed E-state index contributed by atoms with van der Waals surface area (Å²) in [5.41, 5.74) is 5.20. The Hall–Kier alpha value is -2.33. The molecule has 0 aromatic heterocycles. The molecular weight excluding hydrogens is 304 g/mol. The van der Waals surface area contributed by atoms with Crippen LogP contribution in [0, 0.1) is 26.2 Å². The van der Waals surface area contributed by atoms with Gasteiger partial charge in [-0.2, -0.15) is 0 Å². The molecule has 0 aliphatic carbocycles. The second-order valence-corrected chi connectivity index (χ2v) is 6.77. The number of anilines is 1. The maximum atomic E-state index is 12.7. The van der Waals surface area contributed by atoms with E-state index < -0.39 is 0 Å². The van der Waals surface area contributed by atoms with Crippen molar-refractivity contribution in [3.8, 4) is 0 Å². The Labute approximate surface area is 140 Å². The number of rotatable bonds is 2. The summed E-state index contributed by atoms with van der Waals surface area (Å²) in [6, 6.07) is 13.8. The molecule has 116 valence electrons. The van der Waals surface area contributed by atoms with Crippen molar-refractivity contribution in [1.82, 2.24) is 0 Å². The van der Waals surface area contributed by atoms with Gasteiger partial charge in [-0.15, -0.1) is 0 Å². The number of aryl methyl sites for hydroxylation is 3. The molecule has 4 heteroatoms. The van der Waals surface area contributed by atoms with E-state index in [9.17, 15) is 4.79 Å². The number of thioether (sulfide) groups is 1. The van der Waals surface area contributed by atoms with Crippen LogP contribution in [0.3, 0.4) is 0 Å². The van der Waals surface area contributed by atoms with Gasteiger partial charge in [-0.05, 0) is 67.4 Å². The number of nitrogens with zero attached hydrogens (tertiary/aromatic N) is 1. The molecule has 0 spiro atoms. The highest BCUT2D eigenvalue weighted by molar-refractivity contribution is 8.19. The van der Waals surface area contributed by atoms with E-state index in [-0.39, 0.29) is 11.1 Å². The van der Waals surface area contributed by atoms with Gasteiger partial charge in [-0.25, -0.2) is 0 Å². The van der Waals surface area contributed by atoms with Crippen LogP contribution in [0.1, 0.15) is 22.3 Å². The quantitative estimate of drug-likeness (QED) is 0.817. The van der Waals surface area contributed by atoms with Crippen LogP contribution >= 0.6 is 11.8 Å². The van der Waals surface area contributed by atoms with E-state index in [1.54, 1.807) is 0 Å². The third-order valence-corrected chi connectivity index (χ3v) is 4.84. The second-order valence-electron chi connectivity index (χ2n) is 5.74. The molecule has 1 aliphatic rings. The number of amides is 1. The Kier molecular flexibility index (Phi) is 4.09. The molecule has 3 rings (SSSR count). The molecule has 2 aromatic carbocycles. The van der Waals surface area contributed by atoms with Gasteiger partial charge in [0.2, 0.25) is 0 Å². The van der Waals surface area contributed by atoms with E-state index in [0.717, 1.165) is 16.8 Å². The number of carbonyl (C=O) groups excluding carboxylic acids is 1. The average molecular weight is 322 g/mol. The van der Waals surface area contributed by atoms with Gasteiger partial charge in [-0.1, -0.05) is 35.9 Å². The van der Waals surface area contributed by atoms with E-state index in [2.05, 4.69) is 0 Å². The molecule has 0 bridgehead atoms. The number of hydrogen-bond acceptors (Lipinski definition) is 3. The van der Waals surface area contributed by atoms with Crippen LogP contribution in [0.15, 0.2) is 47.4 Å². The maximum absolute atomic E-state index is 12.7. The molecule has 3 nitrogen and oxygen atoms in total. The fourth-order valence-corrected chi connectivity index (χ4v) is 3.26. The smallest absolute Gasteiger partial charge is 0.271 e. The van der Waals surface area contributed by atoms with Crippen LogP contribution in [0.25, 0.3) is 6.08 Å². The summed E-state index contributed by atoms with van der Waals surface area (Å²) < 4.78 is 0. The molecule has 1 N–H and O–H groups in total. The van der Waals surface area contributed by atoms with Gasteiger partial charge in [0.05, 0.1) is 10.6 Å². The minimum atomic E-state index is -0.135. The predicted molar refractivity (Wildman–Crippen MR) is 97.9 cm³/mol. The first kappa shape index (κ1) is 15.6. The lowest BCUT2D eigenvalue weighted by molar-refractivity contribution is -0.113. The van der Waals surface area contributed by atoms with E-state index in [1.165, 1.54) is 27.8 Å². The Morgan fingerprint density at radius 1 is 1.00 bits per heavy atom. The SMILES string of the molecule is Cc1ccc(/C=C2/SC(=N)N(c3ccc(C)c(C)c3)C2=O)cc1. The van der Waals surface area contributed by atoms with Crippen LogP contribution in [0.5, 0.6) is 0 Å². The van der Waals surface area contributed by atoms with Gasteiger partial charge in [0.25, 0.3) is 5.91 Å².